The number of benzene rings is 1. The molecule has 4 heteroatoms. The van der Waals surface area contributed by atoms with Gasteiger partial charge in [-0.25, -0.2) is 0 Å². The fourth-order valence-electron chi connectivity index (χ4n) is 2.48. The summed E-state index contributed by atoms with van der Waals surface area (Å²) >= 11 is 5.43. The van der Waals surface area contributed by atoms with Crippen LogP contribution in [0.4, 0.5) is 0 Å². The lowest BCUT2D eigenvalue weighted by Gasteiger charge is -2.16. The van der Waals surface area contributed by atoms with Crippen molar-refractivity contribution in [2.75, 3.05) is 13.7 Å². The lowest BCUT2D eigenvalue weighted by Crippen LogP contribution is -2.16. The van der Waals surface area contributed by atoms with Crippen molar-refractivity contribution < 1.29 is 4.74 Å². The fraction of sp³-hybridized carbons (Fsp3) is 0.333. The van der Waals surface area contributed by atoms with Crippen LogP contribution in [0, 0.1) is 6.92 Å². The zero-order chi connectivity index (χ0) is 13.4. The minimum atomic E-state index is 0.251. The molecular weight excluding hydrogens is 322 g/mol. The Morgan fingerprint density at radius 2 is 2.21 bits per heavy atom. The van der Waals surface area contributed by atoms with Crippen molar-refractivity contribution in [1.82, 2.24) is 5.32 Å². The molecule has 1 aliphatic heterocycles. The van der Waals surface area contributed by atoms with E-state index in [0.717, 1.165) is 18.8 Å². The first-order valence-corrected chi connectivity index (χ1v) is 7.98. The van der Waals surface area contributed by atoms with Crippen LogP contribution in [-0.2, 0) is 6.42 Å². The van der Waals surface area contributed by atoms with Crippen molar-refractivity contribution in [3.8, 4) is 5.75 Å². The normalized spacial score (nSPS) is 15.1. The van der Waals surface area contributed by atoms with Gasteiger partial charge in [-0.05, 0) is 53.2 Å². The minimum absolute atomic E-state index is 0.251. The van der Waals surface area contributed by atoms with Gasteiger partial charge in [-0.2, -0.15) is 0 Å². The standard InChI is InChI=1S/C15H16BrNOS/c1-9-12(16)8-14(19-9)15(17-2)11-3-4-13-10(7-11)5-6-18-13/h3-4,7-8,15,17H,5-6H2,1-2H3. The topological polar surface area (TPSA) is 21.3 Å². The van der Waals surface area contributed by atoms with Crippen molar-refractivity contribution in [2.45, 2.75) is 19.4 Å². The minimum Gasteiger partial charge on any atom is -0.493 e. The largest absolute Gasteiger partial charge is 0.493 e. The van der Waals surface area contributed by atoms with Crippen LogP contribution in [0.3, 0.4) is 0 Å². The summed E-state index contributed by atoms with van der Waals surface area (Å²) in [5.41, 5.74) is 2.63. The van der Waals surface area contributed by atoms with Crippen molar-refractivity contribution >= 4 is 27.3 Å². The van der Waals surface area contributed by atoms with Gasteiger partial charge in [-0.3, -0.25) is 0 Å². The molecule has 0 spiro atoms. The summed E-state index contributed by atoms with van der Waals surface area (Å²) in [6.07, 6.45) is 1.02. The Hall–Kier alpha value is -0.840. The van der Waals surface area contributed by atoms with Crippen LogP contribution in [0.15, 0.2) is 28.7 Å². The van der Waals surface area contributed by atoms with Crippen LogP contribution >= 0.6 is 27.3 Å². The second-order valence-corrected chi connectivity index (χ2v) is 6.88. The summed E-state index contributed by atoms with van der Waals surface area (Å²) in [6, 6.07) is 8.99. The zero-order valence-corrected chi connectivity index (χ0v) is 13.4. The Kier molecular flexibility index (Phi) is 3.65. The van der Waals surface area contributed by atoms with E-state index in [4.69, 9.17) is 4.74 Å². The first-order chi connectivity index (χ1) is 9.19. The van der Waals surface area contributed by atoms with E-state index in [9.17, 15) is 0 Å². The van der Waals surface area contributed by atoms with Crippen LogP contribution < -0.4 is 10.1 Å². The third kappa shape index (κ3) is 2.45. The molecule has 1 unspecified atom stereocenters. The average Bonchev–Trinajstić information content (AvgIpc) is 2.98. The van der Waals surface area contributed by atoms with Gasteiger partial charge in [0, 0.05) is 20.6 Å². The molecule has 0 bridgehead atoms. The van der Waals surface area contributed by atoms with Crippen LogP contribution in [0.2, 0.25) is 0 Å². The quantitative estimate of drug-likeness (QED) is 0.911. The summed E-state index contributed by atoms with van der Waals surface area (Å²) in [5.74, 6) is 1.04. The fourth-order valence-corrected chi connectivity index (χ4v) is 4.18. The summed E-state index contributed by atoms with van der Waals surface area (Å²) < 4.78 is 6.76. The van der Waals surface area contributed by atoms with E-state index < -0.39 is 0 Å². The number of halogens is 1. The van der Waals surface area contributed by atoms with E-state index in [2.05, 4.69) is 52.4 Å². The van der Waals surface area contributed by atoms with E-state index in [1.165, 1.54) is 25.4 Å². The van der Waals surface area contributed by atoms with Gasteiger partial charge < -0.3 is 10.1 Å². The average molecular weight is 338 g/mol. The molecule has 1 atom stereocenters. The predicted octanol–water partition coefficient (Wildman–Crippen LogP) is 4.06. The monoisotopic (exact) mass is 337 g/mol. The molecule has 2 heterocycles. The van der Waals surface area contributed by atoms with Gasteiger partial charge in [0.05, 0.1) is 12.6 Å². The third-order valence-electron chi connectivity index (χ3n) is 3.50. The van der Waals surface area contributed by atoms with E-state index in [1.54, 1.807) is 0 Å². The molecule has 1 aromatic heterocycles. The van der Waals surface area contributed by atoms with Crippen LogP contribution in [-0.4, -0.2) is 13.7 Å². The number of hydrogen-bond donors (Lipinski definition) is 1. The lowest BCUT2D eigenvalue weighted by atomic mass is 10.0. The molecular formula is C15H16BrNOS. The van der Waals surface area contributed by atoms with Gasteiger partial charge in [0.25, 0.3) is 0 Å². The Labute approximate surface area is 125 Å². The van der Waals surface area contributed by atoms with Crippen molar-refractivity contribution in [3.05, 3.63) is 49.6 Å². The summed E-state index contributed by atoms with van der Waals surface area (Å²) in [5, 5.41) is 3.42. The lowest BCUT2D eigenvalue weighted by molar-refractivity contribution is 0.357. The highest BCUT2D eigenvalue weighted by atomic mass is 79.9. The maximum absolute atomic E-state index is 5.57. The van der Waals surface area contributed by atoms with Crippen molar-refractivity contribution in [3.63, 3.8) is 0 Å². The molecule has 3 rings (SSSR count). The second-order valence-electron chi connectivity index (χ2n) is 4.74. The molecule has 1 aliphatic rings. The maximum atomic E-state index is 5.57. The van der Waals surface area contributed by atoms with Gasteiger partial charge in [0.2, 0.25) is 0 Å². The molecule has 0 fully saturated rings. The predicted molar refractivity (Wildman–Crippen MR) is 83.3 cm³/mol. The highest BCUT2D eigenvalue weighted by molar-refractivity contribution is 9.10. The number of hydrogen-bond acceptors (Lipinski definition) is 3. The zero-order valence-electron chi connectivity index (χ0n) is 11.0. The van der Waals surface area contributed by atoms with Gasteiger partial charge in [0.15, 0.2) is 0 Å². The van der Waals surface area contributed by atoms with Crippen molar-refractivity contribution in [1.29, 1.82) is 0 Å². The highest BCUT2D eigenvalue weighted by Gasteiger charge is 2.19. The van der Waals surface area contributed by atoms with Gasteiger partial charge >= 0.3 is 0 Å². The highest BCUT2D eigenvalue weighted by Crippen LogP contribution is 2.35. The number of thiophene rings is 1. The molecule has 1 aromatic carbocycles. The maximum Gasteiger partial charge on any atom is 0.122 e. The second kappa shape index (κ2) is 5.27. The van der Waals surface area contributed by atoms with Gasteiger partial charge in [-0.15, -0.1) is 11.3 Å². The number of nitrogens with one attached hydrogen (secondary N) is 1. The van der Waals surface area contributed by atoms with Crippen LogP contribution in [0.25, 0.3) is 0 Å². The summed E-state index contributed by atoms with van der Waals surface area (Å²) in [6.45, 7) is 2.95. The molecule has 0 radical (unpaired) electrons. The Morgan fingerprint density at radius 1 is 1.37 bits per heavy atom. The molecule has 2 aromatic rings. The first-order valence-electron chi connectivity index (χ1n) is 6.37. The molecule has 0 amide bonds. The van der Waals surface area contributed by atoms with Crippen LogP contribution in [0.1, 0.15) is 26.9 Å². The summed E-state index contributed by atoms with van der Waals surface area (Å²) in [4.78, 5) is 2.66. The van der Waals surface area contributed by atoms with E-state index in [-0.39, 0.29) is 6.04 Å². The van der Waals surface area contributed by atoms with Crippen molar-refractivity contribution in [2.24, 2.45) is 0 Å². The SMILES string of the molecule is CNC(c1ccc2c(c1)CCO2)c1cc(Br)c(C)s1. The Bertz CT molecular complexity index is 589. The molecule has 0 saturated heterocycles. The number of fused-ring (bicyclic) bond motifs is 1. The number of aryl methyl sites for hydroxylation is 1. The van der Waals surface area contributed by atoms with Crippen LogP contribution in [0.5, 0.6) is 5.75 Å². The third-order valence-corrected chi connectivity index (χ3v) is 5.70. The summed E-state index contributed by atoms with van der Waals surface area (Å²) in [7, 11) is 2.01. The van der Waals surface area contributed by atoms with Gasteiger partial charge in [0.1, 0.15) is 5.75 Å². The molecule has 0 saturated carbocycles. The molecule has 1 N–H and O–H groups in total. The molecule has 2 nitrogen and oxygen atoms in total. The Morgan fingerprint density at radius 3 is 2.89 bits per heavy atom. The number of ether oxygens (including phenoxy) is 1. The first kappa shape index (κ1) is 13.2. The van der Waals surface area contributed by atoms with E-state index >= 15 is 0 Å². The molecule has 19 heavy (non-hydrogen) atoms. The Balaban J connectivity index is 1.98. The van der Waals surface area contributed by atoms with Gasteiger partial charge in [-0.1, -0.05) is 12.1 Å². The van der Waals surface area contributed by atoms with E-state index in [0.29, 0.717) is 0 Å². The molecule has 100 valence electrons. The molecule has 0 aliphatic carbocycles. The smallest absolute Gasteiger partial charge is 0.122 e. The van der Waals surface area contributed by atoms with E-state index in [1.807, 2.05) is 18.4 Å². The number of rotatable bonds is 3.